The van der Waals surface area contributed by atoms with Gasteiger partial charge in [-0.2, -0.15) is 0 Å². The summed E-state index contributed by atoms with van der Waals surface area (Å²) in [6.45, 7) is 6.16. The molecule has 0 aliphatic carbocycles. The van der Waals surface area contributed by atoms with E-state index in [0.29, 0.717) is 24.3 Å². The maximum Gasteiger partial charge on any atom is 0.262 e. The number of hydrogen-bond donors (Lipinski definition) is 2. The second-order valence-electron chi connectivity index (χ2n) is 6.13. The van der Waals surface area contributed by atoms with Crippen molar-refractivity contribution in [2.45, 2.75) is 25.7 Å². The van der Waals surface area contributed by atoms with Gasteiger partial charge in [0.25, 0.3) is 15.9 Å². The Kier molecular flexibility index (Phi) is 6.39. The topological polar surface area (TPSA) is 84.5 Å². The molecule has 2 N–H and O–H groups in total. The first-order valence-corrected chi connectivity index (χ1v) is 9.71. The van der Waals surface area contributed by atoms with Gasteiger partial charge in [0.2, 0.25) is 0 Å². The van der Waals surface area contributed by atoms with Crippen LogP contribution in [0, 0.1) is 20.8 Å². The fourth-order valence-electron chi connectivity index (χ4n) is 2.92. The predicted octanol–water partition coefficient (Wildman–Crippen LogP) is 2.79. The van der Waals surface area contributed by atoms with Crippen molar-refractivity contribution in [1.82, 2.24) is 5.32 Å². The molecule has 1 amide bonds. The first kappa shape index (κ1) is 19.9. The lowest BCUT2D eigenvalue weighted by Gasteiger charge is -2.16. The van der Waals surface area contributed by atoms with E-state index >= 15 is 0 Å². The second-order valence-corrected chi connectivity index (χ2v) is 7.75. The summed E-state index contributed by atoms with van der Waals surface area (Å²) in [4.78, 5) is 12.6. The van der Waals surface area contributed by atoms with Gasteiger partial charge in [-0.15, -0.1) is 0 Å². The Labute approximate surface area is 154 Å². The lowest BCUT2D eigenvalue weighted by Crippen LogP contribution is -2.28. The number of ether oxygens (including phenoxy) is 1. The van der Waals surface area contributed by atoms with Gasteiger partial charge in [0.1, 0.15) is 0 Å². The number of hydrogen-bond acceptors (Lipinski definition) is 4. The van der Waals surface area contributed by atoms with Gasteiger partial charge in [-0.25, -0.2) is 8.42 Å². The van der Waals surface area contributed by atoms with Gasteiger partial charge in [0, 0.05) is 13.7 Å². The first-order chi connectivity index (χ1) is 12.3. The Morgan fingerprint density at radius 1 is 1.08 bits per heavy atom. The van der Waals surface area contributed by atoms with Gasteiger partial charge in [-0.1, -0.05) is 29.8 Å². The molecule has 0 unspecified atom stereocenters. The normalized spacial score (nSPS) is 11.2. The molecule has 2 aromatic rings. The number of para-hydroxylation sites is 1. The van der Waals surface area contributed by atoms with E-state index in [0.717, 1.165) is 5.56 Å². The Hall–Kier alpha value is -2.38. The Balaban J connectivity index is 2.35. The minimum Gasteiger partial charge on any atom is -0.383 e. The van der Waals surface area contributed by atoms with E-state index in [1.165, 1.54) is 0 Å². The highest BCUT2D eigenvalue weighted by atomic mass is 32.2. The minimum absolute atomic E-state index is 0.234. The van der Waals surface area contributed by atoms with Crippen LogP contribution in [0.2, 0.25) is 0 Å². The van der Waals surface area contributed by atoms with Crippen molar-refractivity contribution in [3.05, 3.63) is 58.7 Å². The van der Waals surface area contributed by atoms with E-state index in [9.17, 15) is 13.2 Å². The molecule has 0 atom stereocenters. The van der Waals surface area contributed by atoms with E-state index < -0.39 is 10.0 Å². The quantitative estimate of drug-likeness (QED) is 0.728. The molecule has 0 aliphatic heterocycles. The fraction of sp³-hybridized carbons (Fsp3) is 0.316. The molecule has 0 aromatic heterocycles. The second kappa shape index (κ2) is 8.33. The number of anilines is 1. The lowest BCUT2D eigenvalue weighted by molar-refractivity contribution is 0.0938. The fourth-order valence-corrected chi connectivity index (χ4v) is 4.45. The maximum absolute atomic E-state index is 12.9. The molecule has 0 saturated carbocycles. The highest BCUT2D eigenvalue weighted by molar-refractivity contribution is 7.92. The number of carbonyl (C=O) groups is 1. The van der Waals surface area contributed by atoms with Crippen molar-refractivity contribution in [2.24, 2.45) is 0 Å². The van der Waals surface area contributed by atoms with Crippen LogP contribution in [-0.4, -0.2) is 34.6 Å². The van der Waals surface area contributed by atoms with Crippen molar-refractivity contribution in [2.75, 3.05) is 25.0 Å². The molecule has 6 nitrogen and oxygen atoms in total. The zero-order valence-electron chi connectivity index (χ0n) is 15.4. The molecule has 0 bridgehead atoms. The van der Waals surface area contributed by atoms with Crippen molar-refractivity contribution in [3.63, 3.8) is 0 Å². The zero-order valence-corrected chi connectivity index (χ0v) is 16.2. The van der Waals surface area contributed by atoms with E-state index in [1.807, 2.05) is 19.1 Å². The Morgan fingerprint density at radius 3 is 2.31 bits per heavy atom. The van der Waals surface area contributed by atoms with Gasteiger partial charge >= 0.3 is 0 Å². The summed E-state index contributed by atoms with van der Waals surface area (Å²) < 4.78 is 33.3. The molecule has 0 radical (unpaired) electrons. The summed E-state index contributed by atoms with van der Waals surface area (Å²) in [5.41, 5.74) is 2.82. The van der Waals surface area contributed by atoms with Crippen molar-refractivity contribution >= 4 is 21.6 Å². The smallest absolute Gasteiger partial charge is 0.262 e. The van der Waals surface area contributed by atoms with Crippen LogP contribution in [0.25, 0.3) is 0 Å². The summed E-state index contributed by atoms with van der Waals surface area (Å²) in [6, 6.07) is 10.2. The highest BCUT2D eigenvalue weighted by Crippen LogP contribution is 2.25. The van der Waals surface area contributed by atoms with E-state index in [1.54, 1.807) is 45.2 Å². The minimum atomic E-state index is -3.83. The summed E-state index contributed by atoms with van der Waals surface area (Å²) in [6.07, 6.45) is 0. The predicted molar refractivity (Wildman–Crippen MR) is 102 cm³/mol. The molecule has 0 heterocycles. The first-order valence-electron chi connectivity index (χ1n) is 8.23. The van der Waals surface area contributed by atoms with Crippen LogP contribution in [0.15, 0.2) is 41.3 Å². The summed E-state index contributed by atoms with van der Waals surface area (Å²) >= 11 is 0. The number of methoxy groups -OCH3 is 1. The number of sulfonamides is 1. The maximum atomic E-state index is 12.9. The Morgan fingerprint density at radius 2 is 1.69 bits per heavy atom. The van der Waals surface area contributed by atoms with Gasteiger partial charge in [0.05, 0.1) is 22.8 Å². The van der Waals surface area contributed by atoms with Crippen LogP contribution >= 0.6 is 0 Å². The van der Waals surface area contributed by atoms with Crippen LogP contribution in [-0.2, 0) is 14.8 Å². The molecule has 2 aromatic carbocycles. The largest absolute Gasteiger partial charge is 0.383 e. The third-order valence-corrected chi connectivity index (χ3v) is 5.55. The highest BCUT2D eigenvalue weighted by Gasteiger charge is 2.22. The molecule has 0 aliphatic rings. The molecule has 7 heteroatoms. The third kappa shape index (κ3) is 4.62. The van der Waals surface area contributed by atoms with Gasteiger partial charge in [-0.3, -0.25) is 9.52 Å². The SMILES string of the molecule is COCCNC(=O)c1ccccc1NS(=O)(=O)c1c(C)cc(C)cc1C. The van der Waals surface area contributed by atoms with E-state index in [4.69, 9.17) is 4.74 Å². The van der Waals surface area contributed by atoms with E-state index in [-0.39, 0.29) is 22.1 Å². The van der Waals surface area contributed by atoms with Crippen LogP contribution in [0.3, 0.4) is 0 Å². The van der Waals surface area contributed by atoms with Crippen molar-refractivity contribution in [3.8, 4) is 0 Å². The van der Waals surface area contributed by atoms with Crippen LogP contribution in [0.1, 0.15) is 27.0 Å². The summed E-state index contributed by atoms with van der Waals surface area (Å²) in [5, 5.41) is 2.70. The van der Waals surface area contributed by atoms with Crippen molar-refractivity contribution < 1.29 is 17.9 Å². The molecule has 2 rings (SSSR count). The van der Waals surface area contributed by atoms with Crippen LogP contribution in [0.4, 0.5) is 5.69 Å². The number of amides is 1. The average Bonchev–Trinajstić information content (AvgIpc) is 2.53. The van der Waals surface area contributed by atoms with Crippen LogP contribution < -0.4 is 10.0 Å². The van der Waals surface area contributed by atoms with Gasteiger partial charge in [0.15, 0.2) is 0 Å². The number of benzene rings is 2. The van der Waals surface area contributed by atoms with Crippen LogP contribution in [0.5, 0.6) is 0 Å². The average molecular weight is 376 g/mol. The summed E-state index contributed by atoms with van der Waals surface area (Å²) in [5.74, 6) is -0.363. The molecular weight excluding hydrogens is 352 g/mol. The van der Waals surface area contributed by atoms with Gasteiger partial charge in [-0.05, 0) is 44.0 Å². The molecule has 26 heavy (non-hydrogen) atoms. The third-order valence-electron chi connectivity index (χ3n) is 3.88. The molecule has 140 valence electrons. The lowest BCUT2D eigenvalue weighted by atomic mass is 10.1. The molecule has 0 fully saturated rings. The number of carbonyl (C=O) groups excluding carboxylic acids is 1. The summed E-state index contributed by atoms with van der Waals surface area (Å²) in [7, 11) is -2.29. The van der Waals surface area contributed by atoms with Crippen molar-refractivity contribution in [1.29, 1.82) is 0 Å². The molecular formula is C19H24N2O4S. The van der Waals surface area contributed by atoms with Gasteiger partial charge < -0.3 is 10.1 Å². The molecule has 0 saturated heterocycles. The number of aryl methyl sites for hydroxylation is 3. The number of nitrogens with one attached hydrogen (secondary N) is 2. The zero-order chi connectivity index (χ0) is 19.3. The standard InChI is InChI=1S/C19H24N2O4S/c1-13-11-14(2)18(15(3)12-13)26(23,24)21-17-8-6-5-7-16(17)19(22)20-9-10-25-4/h5-8,11-12,21H,9-10H2,1-4H3,(H,20,22). The molecule has 0 spiro atoms. The van der Waals surface area contributed by atoms with E-state index in [2.05, 4.69) is 10.0 Å². The monoisotopic (exact) mass is 376 g/mol. The number of rotatable bonds is 7. The Bertz CT molecular complexity index is 885.